The maximum atomic E-state index is 12.9. The summed E-state index contributed by atoms with van der Waals surface area (Å²) < 4.78 is 24.7. The van der Waals surface area contributed by atoms with Crippen LogP contribution in [0.15, 0.2) is 22.9 Å². The number of benzene rings is 1. The maximum Gasteiger partial charge on any atom is 0.328 e. The Labute approximate surface area is 105 Å². The van der Waals surface area contributed by atoms with Gasteiger partial charge in [0.05, 0.1) is 19.9 Å². The smallest absolute Gasteiger partial charge is 0.328 e. The van der Waals surface area contributed by atoms with E-state index < -0.39 is 6.08 Å². The van der Waals surface area contributed by atoms with E-state index in [0.29, 0.717) is 17.2 Å². The lowest BCUT2D eigenvalue weighted by molar-refractivity contribution is 0.354. The van der Waals surface area contributed by atoms with Crippen LogP contribution < -0.4 is 9.47 Å². The van der Waals surface area contributed by atoms with Crippen LogP contribution >= 0.6 is 15.9 Å². The Bertz CT molecular complexity index is 544. The van der Waals surface area contributed by atoms with E-state index in [2.05, 4.69) is 26.0 Å². The van der Waals surface area contributed by atoms with Gasteiger partial charge in [-0.25, -0.2) is 4.68 Å². The maximum absolute atomic E-state index is 12.9. The minimum atomic E-state index is -0.799. The molecule has 0 spiro atoms. The van der Waals surface area contributed by atoms with Crippen LogP contribution in [0.3, 0.4) is 0 Å². The Hall–Kier alpha value is -1.63. The zero-order chi connectivity index (χ0) is 12.4. The highest BCUT2D eigenvalue weighted by atomic mass is 79.9. The van der Waals surface area contributed by atoms with Crippen molar-refractivity contribution in [1.29, 1.82) is 0 Å². The molecule has 1 aromatic heterocycles. The molecule has 0 aliphatic carbocycles. The molecule has 0 aliphatic rings. The predicted octanol–water partition coefficient (Wildman–Crippen LogP) is 2.19. The standard InChI is InChI=1S/C10H9BrFN3O2/c1-16-7-4-3-6(5-8(7)17-2)15-9(11)13-10(12)14-15/h3-5H,1-2H3. The number of halogens is 2. The van der Waals surface area contributed by atoms with Crippen LogP contribution in [0, 0.1) is 6.08 Å². The molecule has 1 aromatic carbocycles. The fourth-order valence-corrected chi connectivity index (χ4v) is 1.82. The molecule has 5 nitrogen and oxygen atoms in total. The second kappa shape index (κ2) is 4.70. The van der Waals surface area contributed by atoms with Gasteiger partial charge in [-0.2, -0.15) is 9.37 Å². The number of ether oxygens (including phenoxy) is 2. The highest BCUT2D eigenvalue weighted by Gasteiger charge is 2.11. The van der Waals surface area contributed by atoms with Crippen molar-refractivity contribution in [3.05, 3.63) is 29.0 Å². The third-order valence-electron chi connectivity index (χ3n) is 2.15. The monoisotopic (exact) mass is 301 g/mol. The minimum absolute atomic E-state index is 0.280. The molecule has 0 bridgehead atoms. The molecule has 0 atom stereocenters. The molecule has 1 heterocycles. The van der Waals surface area contributed by atoms with E-state index in [1.54, 1.807) is 25.3 Å². The van der Waals surface area contributed by atoms with E-state index >= 15 is 0 Å². The number of hydrogen-bond acceptors (Lipinski definition) is 4. The van der Waals surface area contributed by atoms with Gasteiger partial charge in [0.1, 0.15) is 0 Å². The van der Waals surface area contributed by atoms with Gasteiger partial charge in [-0.05, 0) is 28.1 Å². The molecule has 0 N–H and O–H groups in total. The molecule has 17 heavy (non-hydrogen) atoms. The first kappa shape index (κ1) is 11.8. The summed E-state index contributed by atoms with van der Waals surface area (Å²) in [6.45, 7) is 0. The van der Waals surface area contributed by atoms with Crippen LogP contribution in [-0.2, 0) is 0 Å². The molecule has 0 amide bonds. The Morgan fingerprint density at radius 1 is 1.24 bits per heavy atom. The molecule has 0 radical (unpaired) electrons. The highest BCUT2D eigenvalue weighted by molar-refractivity contribution is 9.10. The molecule has 0 fully saturated rings. The topological polar surface area (TPSA) is 49.2 Å². The Balaban J connectivity index is 2.50. The van der Waals surface area contributed by atoms with Gasteiger partial charge in [-0.3, -0.25) is 0 Å². The second-order valence-corrected chi connectivity index (χ2v) is 3.81. The van der Waals surface area contributed by atoms with Gasteiger partial charge in [-0.1, -0.05) is 0 Å². The summed E-state index contributed by atoms with van der Waals surface area (Å²) in [7, 11) is 3.07. The van der Waals surface area contributed by atoms with Gasteiger partial charge in [-0.15, -0.1) is 5.10 Å². The quantitative estimate of drug-likeness (QED) is 0.872. The van der Waals surface area contributed by atoms with E-state index in [4.69, 9.17) is 9.47 Å². The first-order valence-corrected chi connectivity index (χ1v) is 5.45. The molecule has 2 aromatic rings. The lowest BCUT2D eigenvalue weighted by Crippen LogP contribution is -1.99. The molecule has 2 rings (SSSR count). The van der Waals surface area contributed by atoms with E-state index in [1.807, 2.05) is 0 Å². The van der Waals surface area contributed by atoms with Gasteiger partial charge in [0.25, 0.3) is 0 Å². The van der Waals surface area contributed by atoms with Crippen molar-refractivity contribution in [2.24, 2.45) is 0 Å². The summed E-state index contributed by atoms with van der Waals surface area (Å²) >= 11 is 3.11. The van der Waals surface area contributed by atoms with Gasteiger partial charge >= 0.3 is 6.08 Å². The molecular weight excluding hydrogens is 293 g/mol. The average Bonchev–Trinajstić information content (AvgIpc) is 2.67. The molecule has 0 aliphatic heterocycles. The van der Waals surface area contributed by atoms with Gasteiger partial charge in [0, 0.05) is 6.07 Å². The third-order valence-corrected chi connectivity index (χ3v) is 2.67. The van der Waals surface area contributed by atoms with Crippen LogP contribution in [-0.4, -0.2) is 29.0 Å². The molecular formula is C10H9BrFN3O2. The van der Waals surface area contributed by atoms with Crippen molar-refractivity contribution >= 4 is 15.9 Å². The van der Waals surface area contributed by atoms with Gasteiger partial charge < -0.3 is 9.47 Å². The van der Waals surface area contributed by atoms with E-state index in [0.717, 1.165) is 0 Å². The van der Waals surface area contributed by atoms with Crippen molar-refractivity contribution in [1.82, 2.24) is 14.8 Å². The van der Waals surface area contributed by atoms with Crippen molar-refractivity contribution < 1.29 is 13.9 Å². The molecule has 0 saturated carbocycles. The normalized spacial score (nSPS) is 10.4. The van der Waals surface area contributed by atoms with Crippen LogP contribution in [0.25, 0.3) is 5.69 Å². The number of nitrogens with zero attached hydrogens (tertiary/aromatic N) is 3. The molecule has 90 valence electrons. The van der Waals surface area contributed by atoms with Crippen molar-refractivity contribution in [3.8, 4) is 17.2 Å². The first-order valence-electron chi connectivity index (χ1n) is 4.66. The van der Waals surface area contributed by atoms with Crippen molar-refractivity contribution in [3.63, 3.8) is 0 Å². The Morgan fingerprint density at radius 2 is 1.94 bits per heavy atom. The summed E-state index contributed by atoms with van der Waals surface area (Å²) in [5.41, 5.74) is 0.617. The van der Waals surface area contributed by atoms with Crippen LogP contribution in [0.1, 0.15) is 0 Å². The van der Waals surface area contributed by atoms with Gasteiger partial charge in [0.2, 0.25) is 4.73 Å². The lowest BCUT2D eigenvalue weighted by Gasteiger charge is -2.09. The minimum Gasteiger partial charge on any atom is -0.493 e. The molecule has 7 heteroatoms. The largest absolute Gasteiger partial charge is 0.493 e. The van der Waals surface area contributed by atoms with Crippen molar-refractivity contribution in [2.45, 2.75) is 0 Å². The van der Waals surface area contributed by atoms with Crippen LogP contribution in [0.4, 0.5) is 4.39 Å². The first-order chi connectivity index (χ1) is 8.15. The SMILES string of the molecule is COc1ccc(-n2nc(F)nc2Br)cc1OC. The van der Waals surface area contributed by atoms with Gasteiger partial charge in [0.15, 0.2) is 11.5 Å². The van der Waals surface area contributed by atoms with Crippen molar-refractivity contribution in [2.75, 3.05) is 14.2 Å². The zero-order valence-corrected chi connectivity index (χ0v) is 10.7. The van der Waals surface area contributed by atoms with E-state index in [9.17, 15) is 4.39 Å². The fraction of sp³-hybridized carbons (Fsp3) is 0.200. The van der Waals surface area contributed by atoms with E-state index in [-0.39, 0.29) is 4.73 Å². The lowest BCUT2D eigenvalue weighted by atomic mass is 10.3. The summed E-state index contributed by atoms with van der Waals surface area (Å²) in [5.74, 6) is 1.13. The third kappa shape index (κ3) is 2.23. The van der Waals surface area contributed by atoms with Crippen LogP contribution in [0.2, 0.25) is 0 Å². The average molecular weight is 302 g/mol. The summed E-state index contributed by atoms with van der Waals surface area (Å²) in [5, 5.41) is 3.61. The second-order valence-electron chi connectivity index (χ2n) is 3.10. The number of rotatable bonds is 3. The summed E-state index contributed by atoms with van der Waals surface area (Å²) in [6, 6.07) is 5.11. The fourth-order valence-electron chi connectivity index (χ4n) is 1.39. The summed E-state index contributed by atoms with van der Waals surface area (Å²) in [6.07, 6.45) is -0.799. The molecule has 0 saturated heterocycles. The number of hydrogen-bond donors (Lipinski definition) is 0. The predicted molar refractivity (Wildman–Crippen MR) is 62.1 cm³/mol. The van der Waals surface area contributed by atoms with E-state index in [1.165, 1.54) is 11.8 Å². The Morgan fingerprint density at radius 3 is 2.47 bits per heavy atom. The highest BCUT2D eigenvalue weighted by Crippen LogP contribution is 2.29. The summed E-state index contributed by atoms with van der Waals surface area (Å²) in [4.78, 5) is 3.52. The zero-order valence-electron chi connectivity index (χ0n) is 9.15. The number of methoxy groups -OCH3 is 2. The Kier molecular flexibility index (Phi) is 3.28. The number of aromatic nitrogens is 3. The molecule has 0 unspecified atom stereocenters. The van der Waals surface area contributed by atoms with Crippen LogP contribution in [0.5, 0.6) is 11.5 Å².